The van der Waals surface area contributed by atoms with Crippen LogP contribution >= 0.6 is 11.6 Å². The van der Waals surface area contributed by atoms with E-state index in [1.165, 1.54) is 0 Å². The number of halogens is 1. The normalized spacial score (nSPS) is 23.5. The second-order valence-corrected chi connectivity index (χ2v) is 3.81. The Bertz CT molecular complexity index is 111. The van der Waals surface area contributed by atoms with Crippen LogP contribution in [0.2, 0.25) is 0 Å². The first-order valence-electron chi connectivity index (χ1n) is 4.02. The highest BCUT2D eigenvalue weighted by atomic mass is 35.5. The van der Waals surface area contributed by atoms with Crippen molar-refractivity contribution in [2.75, 3.05) is 26.9 Å². The van der Waals surface area contributed by atoms with E-state index in [0.717, 1.165) is 39.1 Å². The molecular formula is C8H15ClO2. The molecule has 0 aliphatic carbocycles. The monoisotopic (exact) mass is 178 g/mol. The van der Waals surface area contributed by atoms with Gasteiger partial charge in [-0.2, -0.15) is 0 Å². The molecule has 3 heteroatoms. The van der Waals surface area contributed by atoms with Crippen LogP contribution in [0.1, 0.15) is 19.3 Å². The molecule has 0 atom stereocenters. The lowest BCUT2D eigenvalue weighted by atomic mass is 9.96. The average molecular weight is 179 g/mol. The summed E-state index contributed by atoms with van der Waals surface area (Å²) in [4.78, 5) is -0.0474. The number of alkyl halides is 1. The highest BCUT2D eigenvalue weighted by Crippen LogP contribution is 2.31. The summed E-state index contributed by atoms with van der Waals surface area (Å²) in [6, 6.07) is 0. The van der Waals surface area contributed by atoms with Gasteiger partial charge in [0.05, 0.1) is 4.87 Å². The summed E-state index contributed by atoms with van der Waals surface area (Å²) >= 11 is 6.29. The van der Waals surface area contributed by atoms with Crippen LogP contribution in [0.3, 0.4) is 0 Å². The van der Waals surface area contributed by atoms with Gasteiger partial charge in [0.1, 0.15) is 0 Å². The lowest BCUT2D eigenvalue weighted by Gasteiger charge is -2.30. The molecule has 1 aliphatic rings. The summed E-state index contributed by atoms with van der Waals surface area (Å²) in [5, 5.41) is 0. The lowest BCUT2D eigenvalue weighted by Crippen LogP contribution is -2.31. The average Bonchev–Trinajstić information content (AvgIpc) is 2.03. The third-order valence-corrected chi connectivity index (χ3v) is 2.71. The lowest BCUT2D eigenvalue weighted by molar-refractivity contribution is 0.0640. The molecule has 1 fully saturated rings. The Morgan fingerprint density at radius 1 is 1.45 bits per heavy atom. The van der Waals surface area contributed by atoms with Gasteiger partial charge >= 0.3 is 0 Å². The van der Waals surface area contributed by atoms with Gasteiger partial charge in [-0.3, -0.25) is 0 Å². The highest BCUT2D eigenvalue weighted by Gasteiger charge is 2.29. The largest absolute Gasteiger partial charge is 0.385 e. The highest BCUT2D eigenvalue weighted by molar-refractivity contribution is 6.24. The Labute approximate surface area is 72.8 Å². The minimum Gasteiger partial charge on any atom is -0.385 e. The number of ether oxygens (including phenoxy) is 2. The van der Waals surface area contributed by atoms with Crippen molar-refractivity contribution in [3.8, 4) is 0 Å². The van der Waals surface area contributed by atoms with Crippen LogP contribution in [-0.2, 0) is 9.47 Å². The van der Waals surface area contributed by atoms with E-state index in [4.69, 9.17) is 21.1 Å². The van der Waals surface area contributed by atoms with Gasteiger partial charge < -0.3 is 9.47 Å². The smallest absolute Gasteiger partial charge is 0.0512 e. The van der Waals surface area contributed by atoms with Gasteiger partial charge in [-0.1, -0.05) is 0 Å². The molecule has 0 bridgehead atoms. The third-order valence-electron chi connectivity index (χ3n) is 2.14. The molecule has 11 heavy (non-hydrogen) atoms. The number of rotatable bonds is 3. The van der Waals surface area contributed by atoms with Crippen molar-refractivity contribution in [1.82, 2.24) is 0 Å². The van der Waals surface area contributed by atoms with E-state index in [1.54, 1.807) is 7.11 Å². The van der Waals surface area contributed by atoms with Crippen LogP contribution in [0.25, 0.3) is 0 Å². The standard InChI is InChI=1S/C8H15ClO2/c1-10-5-2-8(9)3-6-11-7-4-8/h2-7H2,1H3. The van der Waals surface area contributed by atoms with Gasteiger partial charge in [-0.05, 0) is 19.3 Å². The predicted molar refractivity (Wildman–Crippen MR) is 45.1 cm³/mol. The fourth-order valence-electron chi connectivity index (χ4n) is 1.27. The molecule has 1 aliphatic heterocycles. The minimum atomic E-state index is -0.0474. The van der Waals surface area contributed by atoms with Crippen molar-refractivity contribution < 1.29 is 9.47 Å². The maximum absolute atomic E-state index is 6.29. The van der Waals surface area contributed by atoms with Gasteiger partial charge in [0, 0.05) is 26.9 Å². The summed E-state index contributed by atoms with van der Waals surface area (Å²) in [5.74, 6) is 0. The molecule has 0 saturated carbocycles. The van der Waals surface area contributed by atoms with Gasteiger partial charge in [0.2, 0.25) is 0 Å². The first-order chi connectivity index (χ1) is 5.27. The van der Waals surface area contributed by atoms with Crippen LogP contribution in [-0.4, -0.2) is 31.8 Å². The maximum Gasteiger partial charge on any atom is 0.0512 e. The molecule has 1 saturated heterocycles. The number of methoxy groups -OCH3 is 1. The minimum absolute atomic E-state index is 0.0474. The van der Waals surface area contributed by atoms with E-state index in [9.17, 15) is 0 Å². The van der Waals surface area contributed by atoms with Crippen molar-refractivity contribution in [3.63, 3.8) is 0 Å². The molecule has 1 heterocycles. The third kappa shape index (κ3) is 2.97. The van der Waals surface area contributed by atoms with Crippen LogP contribution in [0.15, 0.2) is 0 Å². The second kappa shape index (κ2) is 4.29. The fourth-order valence-corrected chi connectivity index (χ4v) is 1.50. The van der Waals surface area contributed by atoms with Gasteiger partial charge in [0.25, 0.3) is 0 Å². The summed E-state index contributed by atoms with van der Waals surface area (Å²) in [6.07, 6.45) is 2.85. The Morgan fingerprint density at radius 2 is 2.09 bits per heavy atom. The summed E-state index contributed by atoms with van der Waals surface area (Å²) in [6.45, 7) is 2.35. The van der Waals surface area contributed by atoms with Crippen LogP contribution in [0.5, 0.6) is 0 Å². The van der Waals surface area contributed by atoms with Crippen molar-refractivity contribution in [3.05, 3.63) is 0 Å². The van der Waals surface area contributed by atoms with Crippen LogP contribution in [0, 0.1) is 0 Å². The SMILES string of the molecule is COCCC1(Cl)CCOCC1. The molecule has 2 nitrogen and oxygen atoms in total. The van der Waals surface area contributed by atoms with Crippen LogP contribution < -0.4 is 0 Å². The van der Waals surface area contributed by atoms with Crippen molar-refractivity contribution in [2.45, 2.75) is 24.1 Å². The zero-order chi connectivity index (χ0) is 8.16. The molecule has 0 spiro atoms. The Kier molecular flexibility index (Phi) is 3.63. The predicted octanol–water partition coefficient (Wildman–Crippen LogP) is 1.81. The van der Waals surface area contributed by atoms with Gasteiger partial charge in [-0.15, -0.1) is 11.6 Å². The van der Waals surface area contributed by atoms with E-state index in [2.05, 4.69) is 0 Å². The zero-order valence-corrected chi connectivity index (χ0v) is 7.69. The van der Waals surface area contributed by atoms with Gasteiger partial charge in [-0.25, -0.2) is 0 Å². The molecular weight excluding hydrogens is 164 g/mol. The van der Waals surface area contributed by atoms with E-state index >= 15 is 0 Å². The molecule has 0 aromatic heterocycles. The zero-order valence-electron chi connectivity index (χ0n) is 6.94. The molecule has 0 unspecified atom stereocenters. The van der Waals surface area contributed by atoms with E-state index in [1.807, 2.05) is 0 Å². The topological polar surface area (TPSA) is 18.5 Å². The molecule has 0 aromatic rings. The van der Waals surface area contributed by atoms with E-state index in [-0.39, 0.29) is 4.87 Å². The number of hydrogen-bond donors (Lipinski definition) is 0. The molecule has 66 valence electrons. The first kappa shape index (κ1) is 9.30. The van der Waals surface area contributed by atoms with Gasteiger partial charge in [0.15, 0.2) is 0 Å². The Hall–Kier alpha value is 0.210. The molecule has 0 radical (unpaired) electrons. The second-order valence-electron chi connectivity index (χ2n) is 3.01. The van der Waals surface area contributed by atoms with Crippen LogP contribution in [0.4, 0.5) is 0 Å². The van der Waals surface area contributed by atoms with E-state index < -0.39 is 0 Å². The molecule has 0 N–H and O–H groups in total. The number of hydrogen-bond acceptors (Lipinski definition) is 2. The quantitative estimate of drug-likeness (QED) is 0.614. The fraction of sp³-hybridized carbons (Fsp3) is 1.00. The summed E-state index contributed by atoms with van der Waals surface area (Å²) in [7, 11) is 1.71. The maximum atomic E-state index is 6.29. The van der Waals surface area contributed by atoms with Crippen molar-refractivity contribution in [2.24, 2.45) is 0 Å². The Morgan fingerprint density at radius 3 is 2.64 bits per heavy atom. The Balaban J connectivity index is 2.25. The van der Waals surface area contributed by atoms with Crippen molar-refractivity contribution in [1.29, 1.82) is 0 Å². The molecule has 0 amide bonds. The first-order valence-corrected chi connectivity index (χ1v) is 4.40. The van der Waals surface area contributed by atoms with Crippen molar-refractivity contribution >= 4 is 11.6 Å². The molecule has 1 rings (SSSR count). The summed E-state index contributed by atoms with van der Waals surface area (Å²) in [5.41, 5.74) is 0. The summed E-state index contributed by atoms with van der Waals surface area (Å²) < 4.78 is 10.2. The van der Waals surface area contributed by atoms with E-state index in [0.29, 0.717) is 0 Å². The molecule has 0 aromatic carbocycles.